The summed E-state index contributed by atoms with van der Waals surface area (Å²) in [4.78, 5) is 14.4. The Balaban J connectivity index is 1.64. The maximum atomic E-state index is 12.2. The van der Waals surface area contributed by atoms with E-state index < -0.39 is 0 Å². The van der Waals surface area contributed by atoms with Crippen molar-refractivity contribution in [1.29, 1.82) is 0 Å². The lowest BCUT2D eigenvalue weighted by Gasteiger charge is -2.28. The summed E-state index contributed by atoms with van der Waals surface area (Å²) in [5.74, 6) is 1.07. The number of carbonyl (C=O) groups is 1. The number of ether oxygens (including phenoxy) is 1. The largest absolute Gasteiger partial charge is 0.493 e. The molecular weight excluding hydrogens is 242 g/mol. The second kappa shape index (κ2) is 5.31. The molecule has 1 N–H and O–H groups in total. The number of carbonyl (C=O) groups excluding carboxylic acids is 1. The molecule has 4 heteroatoms. The van der Waals surface area contributed by atoms with E-state index in [2.05, 4.69) is 4.90 Å². The molecule has 3 rings (SSSR count). The zero-order chi connectivity index (χ0) is 13.2. The molecule has 1 aromatic rings. The molecule has 0 aromatic heterocycles. The van der Waals surface area contributed by atoms with E-state index in [1.54, 1.807) is 0 Å². The Hall–Kier alpha value is -1.39. The number of Topliss-reactive ketones (excluding diaryl/α,β-unsaturated/α-hetero) is 1. The number of rotatable bonds is 3. The number of hydrogen-bond acceptors (Lipinski definition) is 4. The van der Waals surface area contributed by atoms with Crippen LogP contribution in [-0.2, 0) is 6.42 Å². The third kappa shape index (κ3) is 2.80. The maximum Gasteiger partial charge on any atom is 0.176 e. The van der Waals surface area contributed by atoms with Crippen molar-refractivity contribution >= 4 is 5.78 Å². The summed E-state index contributed by atoms with van der Waals surface area (Å²) in [5, 5.41) is 9.46. The highest BCUT2D eigenvalue weighted by Crippen LogP contribution is 2.26. The molecule has 1 fully saturated rings. The molecule has 102 valence electrons. The van der Waals surface area contributed by atoms with Crippen LogP contribution in [0, 0.1) is 0 Å². The maximum absolute atomic E-state index is 12.2. The topological polar surface area (TPSA) is 49.8 Å². The average Bonchev–Trinajstić information content (AvgIpc) is 2.88. The van der Waals surface area contributed by atoms with Crippen LogP contribution in [0.4, 0.5) is 0 Å². The Bertz CT molecular complexity index is 478. The number of benzene rings is 1. The lowest BCUT2D eigenvalue weighted by atomic mass is 10.0. The summed E-state index contributed by atoms with van der Waals surface area (Å²) in [7, 11) is 0. The quantitative estimate of drug-likeness (QED) is 0.832. The van der Waals surface area contributed by atoms with E-state index in [0.717, 1.165) is 55.8 Å². The summed E-state index contributed by atoms with van der Waals surface area (Å²) in [6.45, 7) is 2.78. The molecule has 0 bridgehead atoms. The number of aliphatic hydroxyl groups excluding tert-OH is 1. The molecule has 0 amide bonds. The van der Waals surface area contributed by atoms with Gasteiger partial charge in [0.25, 0.3) is 0 Å². The second-order valence-corrected chi connectivity index (χ2v) is 5.35. The van der Waals surface area contributed by atoms with Gasteiger partial charge in [0, 0.05) is 25.1 Å². The molecular formula is C15H19NO3. The van der Waals surface area contributed by atoms with Crippen molar-refractivity contribution in [3.63, 3.8) is 0 Å². The third-order valence-electron chi connectivity index (χ3n) is 3.94. The highest BCUT2D eigenvalue weighted by atomic mass is 16.5. The summed E-state index contributed by atoms with van der Waals surface area (Å²) in [5.41, 5.74) is 1.91. The number of piperidine rings is 1. The number of ketones is 1. The van der Waals surface area contributed by atoms with Crippen molar-refractivity contribution in [3.8, 4) is 5.75 Å². The van der Waals surface area contributed by atoms with Gasteiger partial charge in [-0.3, -0.25) is 9.69 Å². The van der Waals surface area contributed by atoms with E-state index in [4.69, 9.17) is 4.74 Å². The number of fused-ring (bicyclic) bond motifs is 1. The van der Waals surface area contributed by atoms with Crippen LogP contribution < -0.4 is 4.74 Å². The smallest absolute Gasteiger partial charge is 0.176 e. The highest BCUT2D eigenvalue weighted by Gasteiger charge is 2.20. The van der Waals surface area contributed by atoms with E-state index in [-0.39, 0.29) is 11.9 Å². The van der Waals surface area contributed by atoms with Crippen LogP contribution in [0.5, 0.6) is 5.75 Å². The monoisotopic (exact) mass is 261 g/mol. The predicted octanol–water partition coefficient (Wildman–Crippen LogP) is 1.26. The fourth-order valence-electron chi connectivity index (χ4n) is 2.73. The zero-order valence-electron chi connectivity index (χ0n) is 11.0. The van der Waals surface area contributed by atoms with Gasteiger partial charge < -0.3 is 9.84 Å². The lowest BCUT2D eigenvalue weighted by molar-refractivity contribution is 0.0711. The minimum absolute atomic E-state index is 0.158. The molecule has 2 heterocycles. The van der Waals surface area contributed by atoms with E-state index in [1.165, 1.54) is 0 Å². The van der Waals surface area contributed by atoms with Gasteiger partial charge in [0.15, 0.2) is 5.78 Å². The Kier molecular flexibility index (Phi) is 3.53. The van der Waals surface area contributed by atoms with E-state index in [1.807, 2.05) is 18.2 Å². The number of likely N-dealkylation sites (tertiary alicyclic amines) is 1. The first-order valence-electron chi connectivity index (χ1n) is 6.92. The van der Waals surface area contributed by atoms with Crippen molar-refractivity contribution in [3.05, 3.63) is 29.3 Å². The van der Waals surface area contributed by atoms with Gasteiger partial charge in [-0.15, -0.1) is 0 Å². The minimum Gasteiger partial charge on any atom is -0.493 e. The minimum atomic E-state index is -0.191. The molecule has 2 aliphatic rings. The Labute approximate surface area is 113 Å². The van der Waals surface area contributed by atoms with Crippen molar-refractivity contribution in [2.45, 2.75) is 25.4 Å². The molecule has 0 atom stereocenters. The van der Waals surface area contributed by atoms with Crippen molar-refractivity contribution < 1.29 is 14.6 Å². The summed E-state index contributed by atoms with van der Waals surface area (Å²) < 4.78 is 5.45. The fourth-order valence-corrected chi connectivity index (χ4v) is 2.73. The Morgan fingerprint density at radius 3 is 2.95 bits per heavy atom. The standard InChI is InChI=1S/C15H19NO3/c17-13-3-6-16(7-4-13)10-14(18)11-1-2-15-12(9-11)5-8-19-15/h1-2,9,13,17H,3-8,10H2. The third-order valence-corrected chi connectivity index (χ3v) is 3.94. The van der Waals surface area contributed by atoms with Gasteiger partial charge in [-0.05, 0) is 36.6 Å². The van der Waals surface area contributed by atoms with Crippen LogP contribution >= 0.6 is 0 Å². The van der Waals surface area contributed by atoms with Crippen molar-refractivity contribution in [2.24, 2.45) is 0 Å². The SMILES string of the molecule is O=C(CN1CCC(O)CC1)c1ccc2c(c1)CCO2. The second-order valence-electron chi connectivity index (χ2n) is 5.35. The van der Waals surface area contributed by atoms with E-state index in [0.29, 0.717) is 6.54 Å². The fraction of sp³-hybridized carbons (Fsp3) is 0.533. The van der Waals surface area contributed by atoms with Crippen LogP contribution in [-0.4, -0.2) is 48.1 Å². The number of aliphatic hydroxyl groups is 1. The van der Waals surface area contributed by atoms with Gasteiger partial charge in [0.05, 0.1) is 19.3 Å². The molecule has 0 unspecified atom stereocenters. The van der Waals surface area contributed by atoms with Crippen LogP contribution in [0.25, 0.3) is 0 Å². The highest BCUT2D eigenvalue weighted by molar-refractivity contribution is 5.98. The van der Waals surface area contributed by atoms with E-state index in [9.17, 15) is 9.90 Å². The van der Waals surface area contributed by atoms with Crippen LogP contribution in [0.1, 0.15) is 28.8 Å². The van der Waals surface area contributed by atoms with Gasteiger partial charge in [0.2, 0.25) is 0 Å². The molecule has 19 heavy (non-hydrogen) atoms. The van der Waals surface area contributed by atoms with E-state index >= 15 is 0 Å². The lowest BCUT2D eigenvalue weighted by Crippen LogP contribution is -2.39. The first-order chi connectivity index (χ1) is 9.22. The summed E-state index contributed by atoms with van der Waals surface area (Å²) in [6.07, 6.45) is 2.24. The summed E-state index contributed by atoms with van der Waals surface area (Å²) in [6, 6.07) is 5.71. The molecule has 2 aliphatic heterocycles. The van der Waals surface area contributed by atoms with Gasteiger partial charge in [0.1, 0.15) is 5.75 Å². The molecule has 1 aromatic carbocycles. The number of hydrogen-bond donors (Lipinski definition) is 1. The first-order valence-corrected chi connectivity index (χ1v) is 6.92. The molecule has 0 radical (unpaired) electrons. The van der Waals surface area contributed by atoms with Gasteiger partial charge in [-0.2, -0.15) is 0 Å². The summed E-state index contributed by atoms with van der Waals surface area (Å²) >= 11 is 0. The zero-order valence-corrected chi connectivity index (χ0v) is 11.0. The van der Waals surface area contributed by atoms with Gasteiger partial charge in [-0.1, -0.05) is 0 Å². The van der Waals surface area contributed by atoms with Crippen LogP contribution in [0.15, 0.2) is 18.2 Å². The average molecular weight is 261 g/mol. The molecule has 4 nitrogen and oxygen atoms in total. The molecule has 0 saturated carbocycles. The van der Waals surface area contributed by atoms with Gasteiger partial charge >= 0.3 is 0 Å². The Morgan fingerprint density at radius 1 is 1.37 bits per heavy atom. The molecule has 1 saturated heterocycles. The predicted molar refractivity (Wildman–Crippen MR) is 71.7 cm³/mol. The van der Waals surface area contributed by atoms with Crippen molar-refractivity contribution in [1.82, 2.24) is 4.90 Å². The van der Waals surface area contributed by atoms with Crippen LogP contribution in [0.3, 0.4) is 0 Å². The number of nitrogens with zero attached hydrogens (tertiary/aromatic N) is 1. The van der Waals surface area contributed by atoms with Gasteiger partial charge in [-0.25, -0.2) is 0 Å². The molecule has 0 aliphatic carbocycles. The molecule has 0 spiro atoms. The Morgan fingerprint density at radius 2 is 2.16 bits per heavy atom. The van der Waals surface area contributed by atoms with Crippen LogP contribution in [0.2, 0.25) is 0 Å². The normalized spacial score (nSPS) is 20.1. The first kappa shape index (κ1) is 12.6. The van der Waals surface area contributed by atoms with Crippen molar-refractivity contribution in [2.75, 3.05) is 26.2 Å².